The normalized spacial score (nSPS) is 15.2. The molecule has 0 heterocycles. The van der Waals surface area contributed by atoms with Crippen LogP contribution in [0.25, 0.3) is 0 Å². The number of carbonyl (C=O) groups excluding carboxylic acids is 2. The molecule has 0 unspecified atom stereocenters. The molecule has 31 heavy (non-hydrogen) atoms. The summed E-state index contributed by atoms with van der Waals surface area (Å²) in [6, 6.07) is 14.3. The highest BCUT2D eigenvalue weighted by molar-refractivity contribution is 5.84. The van der Waals surface area contributed by atoms with Gasteiger partial charge in [0.2, 0.25) is 0 Å². The van der Waals surface area contributed by atoms with E-state index in [1.807, 2.05) is 48.5 Å². The summed E-state index contributed by atoms with van der Waals surface area (Å²) >= 11 is 0. The molecule has 2 aromatic rings. The van der Waals surface area contributed by atoms with Gasteiger partial charge in [0, 0.05) is 0 Å². The number of hydrogen-bond acceptors (Lipinski definition) is 6. The third kappa shape index (κ3) is 5.76. The van der Waals surface area contributed by atoms with E-state index in [-0.39, 0.29) is 0 Å². The average Bonchev–Trinajstić information content (AvgIpc) is 2.81. The maximum atomic E-state index is 12.6. The third-order valence-electron chi connectivity index (χ3n) is 5.60. The number of amides is 1. The highest BCUT2D eigenvalue weighted by Gasteiger charge is 2.39. The molecule has 3 rings (SSSR count). The molecule has 0 spiro atoms. The maximum absolute atomic E-state index is 12.6. The van der Waals surface area contributed by atoms with E-state index in [4.69, 9.17) is 14.2 Å². The van der Waals surface area contributed by atoms with Gasteiger partial charge in [0.1, 0.15) is 11.5 Å². The Kier molecular flexibility index (Phi) is 7.52. The monoisotopic (exact) mass is 427 g/mol. The average molecular weight is 427 g/mol. The quantitative estimate of drug-likeness (QED) is 0.629. The first kappa shape index (κ1) is 22.6. The molecule has 1 fully saturated rings. The van der Waals surface area contributed by atoms with Crippen molar-refractivity contribution in [1.82, 2.24) is 5.32 Å². The molecule has 0 aliphatic heterocycles. The van der Waals surface area contributed by atoms with Crippen LogP contribution < -0.4 is 14.8 Å². The van der Waals surface area contributed by atoms with Crippen LogP contribution in [-0.2, 0) is 14.3 Å². The van der Waals surface area contributed by atoms with Crippen LogP contribution in [0.2, 0.25) is 0 Å². The predicted molar refractivity (Wildman–Crippen MR) is 115 cm³/mol. The van der Waals surface area contributed by atoms with E-state index in [0.29, 0.717) is 24.3 Å². The summed E-state index contributed by atoms with van der Waals surface area (Å²) < 4.78 is 15.6. The van der Waals surface area contributed by atoms with Gasteiger partial charge in [-0.2, -0.15) is 0 Å². The molecule has 0 saturated heterocycles. The van der Waals surface area contributed by atoms with Gasteiger partial charge in [-0.3, -0.25) is 4.79 Å². The molecule has 0 bridgehead atoms. The van der Waals surface area contributed by atoms with Crippen LogP contribution in [0, 0.1) is 0 Å². The van der Waals surface area contributed by atoms with E-state index in [1.165, 1.54) is 0 Å². The molecule has 1 saturated carbocycles. The van der Waals surface area contributed by atoms with Crippen molar-refractivity contribution >= 4 is 11.9 Å². The van der Waals surface area contributed by atoms with Crippen molar-refractivity contribution in [2.24, 2.45) is 0 Å². The number of methoxy groups -OCH3 is 2. The summed E-state index contributed by atoms with van der Waals surface area (Å²) in [5.41, 5.74) is 0.206. The second kappa shape index (κ2) is 10.3. The molecule has 1 aliphatic carbocycles. The van der Waals surface area contributed by atoms with Crippen molar-refractivity contribution in [3.05, 3.63) is 59.7 Å². The number of benzene rings is 2. The van der Waals surface area contributed by atoms with Gasteiger partial charge in [-0.25, -0.2) is 4.79 Å². The zero-order valence-corrected chi connectivity index (χ0v) is 17.9. The van der Waals surface area contributed by atoms with Gasteiger partial charge in [0.25, 0.3) is 5.91 Å². The standard InChI is InChI=1S/C24H29NO6/c1-29-19-10-6-17(7-11-19)22(18-8-12-20(30-2)13-9-18)25-21(26)16-31-23(27)24(28)14-4-3-5-15-24/h6-13,22,28H,3-5,14-16H2,1-2H3,(H,25,26). The molecule has 7 nitrogen and oxygen atoms in total. The Morgan fingerprint density at radius 3 is 1.84 bits per heavy atom. The first-order valence-corrected chi connectivity index (χ1v) is 10.4. The Bertz CT molecular complexity index is 824. The van der Waals surface area contributed by atoms with E-state index in [2.05, 4.69) is 5.32 Å². The number of aliphatic hydroxyl groups is 1. The third-order valence-corrected chi connectivity index (χ3v) is 5.60. The Morgan fingerprint density at radius 1 is 0.903 bits per heavy atom. The number of nitrogens with one attached hydrogen (secondary N) is 1. The van der Waals surface area contributed by atoms with Gasteiger partial charge in [-0.15, -0.1) is 0 Å². The summed E-state index contributed by atoms with van der Waals surface area (Å²) in [4.78, 5) is 24.9. The summed E-state index contributed by atoms with van der Waals surface area (Å²) in [5.74, 6) is 0.230. The summed E-state index contributed by atoms with van der Waals surface area (Å²) in [6.07, 6.45) is 3.27. The van der Waals surface area contributed by atoms with Crippen LogP contribution in [0.4, 0.5) is 0 Å². The fraction of sp³-hybridized carbons (Fsp3) is 0.417. The van der Waals surface area contributed by atoms with E-state index in [9.17, 15) is 14.7 Å². The molecule has 0 atom stereocenters. The van der Waals surface area contributed by atoms with Gasteiger partial charge in [-0.05, 0) is 61.1 Å². The molecular formula is C24H29NO6. The zero-order valence-electron chi connectivity index (χ0n) is 17.9. The molecule has 0 aromatic heterocycles. The topological polar surface area (TPSA) is 94.1 Å². The SMILES string of the molecule is COc1ccc(C(NC(=O)COC(=O)C2(O)CCCCC2)c2ccc(OC)cc2)cc1. The molecule has 0 radical (unpaired) electrons. The van der Waals surface area contributed by atoms with E-state index in [0.717, 1.165) is 30.4 Å². The maximum Gasteiger partial charge on any atom is 0.338 e. The van der Waals surface area contributed by atoms with Gasteiger partial charge in [-0.1, -0.05) is 30.7 Å². The smallest absolute Gasteiger partial charge is 0.338 e. The minimum atomic E-state index is -1.48. The first-order chi connectivity index (χ1) is 14.9. The molecule has 1 amide bonds. The molecule has 166 valence electrons. The lowest BCUT2D eigenvalue weighted by atomic mass is 9.85. The van der Waals surface area contributed by atoms with Crippen molar-refractivity contribution in [2.45, 2.75) is 43.7 Å². The highest BCUT2D eigenvalue weighted by Crippen LogP contribution is 2.29. The van der Waals surface area contributed by atoms with Gasteiger partial charge < -0.3 is 24.6 Å². The Morgan fingerprint density at radius 2 is 1.39 bits per heavy atom. The lowest BCUT2D eigenvalue weighted by Crippen LogP contribution is -2.43. The van der Waals surface area contributed by atoms with Gasteiger partial charge in [0.05, 0.1) is 20.3 Å². The second-order valence-electron chi connectivity index (χ2n) is 7.72. The number of ether oxygens (including phenoxy) is 3. The fourth-order valence-electron chi connectivity index (χ4n) is 3.76. The molecule has 2 aromatic carbocycles. The second-order valence-corrected chi connectivity index (χ2v) is 7.72. The summed E-state index contributed by atoms with van der Waals surface area (Å²) in [5, 5.41) is 13.4. The number of rotatable bonds is 8. The Labute approximate surface area is 182 Å². The highest BCUT2D eigenvalue weighted by atomic mass is 16.6. The fourth-order valence-corrected chi connectivity index (χ4v) is 3.76. The van der Waals surface area contributed by atoms with E-state index >= 15 is 0 Å². The van der Waals surface area contributed by atoms with Crippen molar-refractivity contribution in [3.8, 4) is 11.5 Å². The molecule has 2 N–H and O–H groups in total. The van der Waals surface area contributed by atoms with Crippen LogP contribution in [0.5, 0.6) is 11.5 Å². The van der Waals surface area contributed by atoms with E-state index in [1.54, 1.807) is 14.2 Å². The molecule has 1 aliphatic rings. The number of esters is 1. The van der Waals surface area contributed by atoms with Crippen LogP contribution in [0.3, 0.4) is 0 Å². The summed E-state index contributed by atoms with van der Waals surface area (Å²) in [7, 11) is 3.18. The lowest BCUT2D eigenvalue weighted by molar-refractivity contribution is -0.170. The lowest BCUT2D eigenvalue weighted by Gasteiger charge is -2.29. The van der Waals surface area contributed by atoms with Crippen LogP contribution in [0.1, 0.15) is 49.3 Å². The largest absolute Gasteiger partial charge is 0.497 e. The Hall–Kier alpha value is -3.06. The zero-order chi connectivity index (χ0) is 22.3. The van der Waals surface area contributed by atoms with Crippen molar-refractivity contribution < 1.29 is 28.9 Å². The van der Waals surface area contributed by atoms with E-state index < -0.39 is 30.1 Å². The van der Waals surface area contributed by atoms with Gasteiger partial charge in [0.15, 0.2) is 12.2 Å². The van der Waals surface area contributed by atoms with Crippen molar-refractivity contribution in [2.75, 3.05) is 20.8 Å². The number of carbonyl (C=O) groups is 2. The van der Waals surface area contributed by atoms with Crippen LogP contribution >= 0.6 is 0 Å². The number of hydrogen-bond donors (Lipinski definition) is 2. The van der Waals surface area contributed by atoms with Gasteiger partial charge >= 0.3 is 5.97 Å². The Balaban J connectivity index is 1.70. The summed E-state index contributed by atoms with van der Waals surface area (Å²) in [6.45, 7) is -0.454. The van der Waals surface area contributed by atoms with Crippen LogP contribution in [-0.4, -0.2) is 43.4 Å². The predicted octanol–water partition coefficient (Wildman–Crippen LogP) is 3.15. The van der Waals surface area contributed by atoms with Crippen molar-refractivity contribution in [1.29, 1.82) is 0 Å². The van der Waals surface area contributed by atoms with Crippen molar-refractivity contribution in [3.63, 3.8) is 0 Å². The molecular weight excluding hydrogens is 398 g/mol. The molecule has 7 heteroatoms. The minimum absolute atomic E-state index is 0.369. The minimum Gasteiger partial charge on any atom is -0.497 e. The first-order valence-electron chi connectivity index (χ1n) is 10.4. The van der Waals surface area contributed by atoms with Crippen LogP contribution in [0.15, 0.2) is 48.5 Å².